The molecular weight excluding hydrogens is 238 g/mol. The highest BCUT2D eigenvalue weighted by Gasteiger charge is 2.39. The van der Waals surface area contributed by atoms with Crippen LogP contribution in [0.4, 0.5) is 0 Å². The summed E-state index contributed by atoms with van der Waals surface area (Å²) in [5, 5.41) is 1.11. The van der Waals surface area contributed by atoms with Crippen molar-refractivity contribution in [2.75, 3.05) is 0 Å². The van der Waals surface area contributed by atoms with Crippen molar-refractivity contribution in [3.05, 3.63) is 35.9 Å². The van der Waals surface area contributed by atoms with Crippen LogP contribution in [0.25, 0.3) is 0 Å². The molecular formula is C12H13NO3S. The summed E-state index contributed by atoms with van der Waals surface area (Å²) in [5.41, 5.74) is 1.19. The quantitative estimate of drug-likeness (QED) is 0.767. The van der Waals surface area contributed by atoms with Crippen molar-refractivity contribution in [2.45, 2.75) is 24.5 Å². The molecule has 1 saturated heterocycles. The van der Waals surface area contributed by atoms with Gasteiger partial charge in [0.2, 0.25) is 0 Å². The van der Waals surface area contributed by atoms with E-state index in [0.717, 1.165) is 10.8 Å². The number of rotatable bonds is 4. The molecule has 0 aliphatic carbocycles. The molecule has 1 aliphatic heterocycles. The third-order valence-corrected chi connectivity index (χ3v) is 3.61. The Kier molecular flexibility index (Phi) is 3.68. The van der Waals surface area contributed by atoms with Gasteiger partial charge in [0.05, 0.1) is 6.42 Å². The molecule has 17 heavy (non-hydrogen) atoms. The molecule has 0 aromatic heterocycles. The van der Waals surface area contributed by atoms with Gasteiger partial charge in [0, 0.05) is 12.7 Å². The minimum atomic E-state index is -0.455. The van der Waals surface area contributed by atoms with Crippen molar-refractivity contribution in [3.63, 3.8) is 0 Å². The van der Waals surface area contributed by atoms with Gasteiger partial charge in [-0.25, -0.2) is 0 Å². The van der Waals surface area contributed by atoms with Crippen LogP contribution < -0.4 is 0 Å². The van der Waals surface area contributed by atoms with E-state index in [1.807, 2.05) is 30.3 Å². The lowest BCUT2D eigenvalue weighted by molar-refractivity contribution is -0.214. The molecule has 5 heteroatoms. The summed E-state index contributed by atoms with van der Waals surface area (Å²) in [6.45, 7) is 1.30. The van der Waals surface area contributed by atoms with Gasteiger partial charge in [0.15, 0.2) is 0 Å². The van der Waals surface area contributed by atoms with Crippen LogP contribution in [0.5, 0.6) is 0 Å². The Morgan fingerprint density at radius 3 is 2.76 bits per heavy atom. The fourth-order valence-electron chi connectivity index (χ4n) is 1.51. The Morgan fingerprint density at radius 2 is 2.18 bits per heavy atom. The number of hydrogen-bond donors (Lipinski definition) is 0. The summed E-state index contributed by atoms with van der Waals surface area (Å²) in [5.74, 6) is 0.213. The fraction of sp³-hybridized carbons (Fsp3) is 0.333. The van der Waals surface area contributed by atoms with Crippen molar-refractivity contribution in [1.29, 1.82) is 0 Å². The van der Waals surface area contributed by atoms with E-state index in [2.05, 4.69) is 0 Å². The molecule has 1 unspecified atom stereocenters. The first-order valence-corrected chi connectivity index (χ1v) is 6.38. The largest absolute Gasteiger partial charge is 0.337 e. The zero-order valence-corrected chi connectivity index (χ0v) is 10.3. The number of amides is 1. The monoisotopic (exact) mass is 251 g/mol. The first-order chi connectivity index (χ1) is 8.16. The van der Waals surface area contributed by atoms with E-state index >= 15 is 0 Å². The second-order valence-corrected chi connectivity index (χ2v) is 4.92. The second kappa shape index (κ2) is 5.23. The van der Waals surface area contributed by atoms with E-state index in [1.165, 1.54) is 12.5 Å². The average molecular weight is 251 g/mol. The molecule has 4 nitrogen and oxygen atoms in total. The van der Waals surface area contributed by atoms with E-state index in [9.17, 15) is 9.59 Å². The highest BCUT2D eigenvalue weighted by Crippen LogP contribution is 2.31. The Labute approximate surface area is 104 Å². The molecule has 1 aliphatic rings. The number of thioether (sulfide) groups is 1. The van der Waals surface area contributed by atoms with Gasteiger partial charge in [-0.1, -0.05) is 30.3 Å². The molecule has 1 fully saturated rings. The van der Waals surface area contributed by atoms with Gasteiger partial charge >= 0.3 is 5.97 Å². The SMILES string of the molecule is CC(=O)ON1C(=O)CC1SCc1ccccc1. The molecule has 1 heterocycles. The van der Waals surface area contributed by atoms with Gasteiger partial charge in [0.1, 0.15) is 5.37 Å². The maximum absolute atomic E-state index is 11.2. The van der Waals surface area contributed by atoms with E-state index < -0.39 is 5.97 Å². The number of nitrogens with zero attached hydrogens (tertiary/aromatic N) is 1. The smallest absolute Gasteiger partial charge is 0.329 e. The molecule has 0 saturated carbocycles. The number of hydrogen-bond acceptors (Lipinski definition) is 4. The molecule has 1 amide bonds. The highest BCUT2D eigenvalue weighted by atomic mass is 32.2. The van der Waals surface area contributed by atoms with Crippen molar-refractivity contribution < 1.29 is 14.4 Å². The van der Waals surface area contributed by atoms with Gasteiger partial charge < -0.3 is 4.84 Å². The molecule has 0 N–H and O–H groups in total. The van der Waals surface area contributed by atoms with E-state index in [1.54, 1.807) is 11.8 Å². The molecule has 0 radical (unpaired) electrons. The summed E-state index contributed by atoms with van der Waals surface area (Å²) in [6, 6.07) is 9.98. The molecule has 90 valence electrons. The molecule has 0 bridgehead atoms. The number of β-lactam (4-membered cyclic amide) rings is 1. The standard InChI is InChI=1S/C12H13NO3S/c1-9(14)16-13-11(15)7-12(13)17-8-10-5-3-2-4-6-10/h2-6,12H,7-8H2,1H3. The van der Waals surface area contributed by atoms with Gasteiger partial charge in [0.25, 0.3) is 5.91 Å². The van der Waals surface area contributed by atoms with Crippen molar-refractivity contribution in [3.8, 4) is 0 Å². The van der Waals surface area contributed by atoms with Crippen LogP contribution in [-0.2, 0) is 20.2 Å². The predicted molar refractivity (Wildman–Crippen MR) is 64.8 cm³/mol. The van der Waals surface area contributed by atoms with Gasteiger partial charge in [-0.05, 0) is 5.56 Å². The van der Waals surface area contributed by atoms with Crippen molar-refractivity contribution >= 4 is 23.6 Å². The zero-order valence-electron chi connectivity index (χ0n) is 9.46. The Morgan fingerprint density at radius 1 is 1.47 bits per heavy atom. The van der Waals surface area contributed by atoms with Crippen molar-refractivity contribution in [1.82, 2.24) is 5.06 Å². The lowest BCUT2D eigenvalue weighted by Crippen LogP contribution is -2.51. The predicted octanol–water partition coefficient (Wildman–Crippen LogP) is 1.96. The number of benzene rings is 1. The zero-order chi connectivity index (χ0) is 12.3. The molecule has 1 aromatic rings. The van der Waals surface area contributed by atoms with Crippen molar-refractivity contribution in [2.24, 2.45) is 0 Å². The third-order valence-electron chi connectivity index (χ3n) is 2.37. The number of hydroxylamine groups is 2. The van der Waals surface area contributed by atoms with Gasteiger partial charge in [-0.2, -0.15) is 5.06 Å². The first-order valence-electron chi connectivity index (χ1n) is 5.33. The fourth-order valence-corrected chi connectivity index (χ4v) is 2.65. The first kappa shape index (κ1) is 12.0. The second-order valence-electron chi connectivity index (χ2n) is 3.76. The number of carbonyl (C=O) groups is 2. The minimum absolute atomic E-state index is 0.0494. The Bertz CT molecular complexity index is 421. The van der Waals surface area contributed by atoms with Crippen LogP contribution in [0.15, 0.2) is 30.3 Å². The van der Waals surface area contributed by atoms with Crippen LogP contribution in [0, 0.1) is 0 Å². The minimum Gasteiger partial charge on any atom is -0.337 e. The highest BCUT2D eigenvalue weighted by molar-refractivity contribution is 7.99. The number of carbonyl (C=O) groups excluding carboxylic acids is 2. The van der Waals surface area contributed by atoms with Gasteiger partial charge in [-0.15, -0.1) is 11.8 Å². The van der Waals surface area contributed by atoms with E-state index in [0.29, 0.717) is 6.42 Å². The summed E-state index contributed by atoms with van der Waals surface area (Å²) in [4.78, 5) is 26.8. The van der Waals surface area contributed by atoms with Crippen LogP contribution >= 0.6 is 11.8 Å². The summed E-state index contributed by atoms with van der Waals surface area (Å²) >= 11 is 1.60. The van der Waals surface area contributed by atoms with Crippen LogP contribution in [0.2, 0.25) is 0 Å². The van der Waals surface area contributed by atoms with E-state index in [4.69, 9.17) is 4.84 Å². The maximum Gasteiger partial charge on any atom is 0.329 e. The average Bonchev–Trinajstić information content (AvgIpc) is 2.33. The third kappa shape index (κ3) is 3.00. The van der Waals surface area contributed by atoms with Gasteiger partial charge in [-0.3, -0.25) is 9.59 Å². The lowest BCUT2D eigenvalue weighted by Gasteiger charge is -2.36. The van der Waals surface area contributed by atoms with Crippen LogP contribution in [0.1, 0.15) is 18.9 Å². The summed E-state index contributed by atoms with van der Waals surface area (Å²) in [6.07, 6.45) is 0.435. The Hall–Kier alpha value is -1.49. The normalized spacial score (nSPS) is 18.8. The molecule has 2 rings (SSSR count). The van der Waals surface area contributed by atoms with Crippen LogP contribution in [0.3, 0.4) is 0 Å². The summed E-state index contributed by atoms with van der Waals surface area (Å²) in [7, 11) is 0. The van der Waals surface area contributed by atoms with E-state index in [-0.39, 0.29) is 11.3 Å². The molecule has 1 aromatic carbocycles. The Balaban J connectivity index is 1.84. The topological polar surface area (TPSA) is 46.6 Å². The maximum atomic E-state index is 11.2. The summed E-state index contributed by atoms with van der Waals surface area (Å²) < 4.78 is 0. The van der Waals surface area contributed by atoms with Crippen LogP contribution in [-0.4, -0.2) is 22.3 Å². The lowest BCUT2D eigenvalue weighted by atomic mass is 10.2. The molecule has 1 atom stereocenters. The molecule has 0 spiro atoms.